The number of hydrogen-bond donors (Lipinski definition) is 5. The highest BCUT2D eigenvalue weighted by molar-refractivity contribution is 5.65. The molecule has 1 rings (SSSR count). The third-order valence-electron chi connectivity index (χ3n) is 2.13. The molecule has 0 radical (unpaired) electrons. The summed E-state index contributed by atoms with van der Waals surface area (Å²) in [7, 11) is 0. The van der Waals surface area contributed by atoms with Gasteiger partial charge in [-0.15, -0.1) is 0 Å². The summed E-state index contributed by atoms with van der Waals surface area (Å²) in [5.74, 6) is 0. The van der Waals surface area contributed by atoms with Gasteiger partial charge >= 0.3 is 0 Å². The van der Waals surface area contributed by atoms with Crippen molar-refractivity contribution in [2.45, 2.75) is 18.3 Å². The normalized spacial score (nSPS) is 16.7. The van der Waals surface area contributed by atoms with Crippen LogP contribution in [-0.2, 0) is 0 Å². The van der Waals surface area contributed by atoms with Crippen molar-refractivity contribution >= 4 is 11.9 Å². The molecule has 6 heteroatoms. The molecule has 5 N–H and O–H groups in total. The minimum absolute atomic E-state index is 0.627. The van der Waals surface area contributed by atoms with E-state index in [4.69, 9.17) is 10.2 Å². The van der Waals surface area contributed by atoms with E-state index in [0.717, 1.165) is 11.9 Å². The quantitative estimate of drug-likeness (QED) is 0.329. The van der Waals surface area contributed by atoms with Gasteiger partial charge in [0.15, 0.2) is 0 Å². The first-order chi connectivity index (χ1) is 8.15. The zero-order valence-corrected chi connectivity index (χ0v) is 9.14. The van der Waals surface area contributed by atoms with Crippen LogP contribution in [0.4, 0.5) is 5.69 Å². The highest BCUT2D eigenvalue weighted by Crippen LogP contribution is 2.04. The highest BCUT2D eigenvalue weighted by atomic mass is 16.4. The molecule has 0 heterocycles. The van der Waals surface area contributed by atoms with E-state index < -0.39 is 24.9 Å². The first kappa shape index (κ1) is 13.6. The van der Waals surface area contributed by atoms with Gasteiger partial charge in [-0.05, 0) is 12.1 Å². The summed E-state index contributed by atoms with van der Waals surface area (Å²) in [6.07, 6.45) is -3.17. The lowest BCUT2D eigenvalue weighted by Crippen LogP contribution is -2.40. The topological polar surface area (TPSA) is 105 Å². The zero-order valence-electron chi connectivity index (χ0n) is 9.14. The van der Waals surface area contributed by atoms with Crippen LogP contribution in [0.5, 0.6) is 0 Å². The Morgan fingerprint density at radius 3 is 2.41 bits per heavy atom. The largest absolute Gasteiger partial charge is 0.394 e. The molecular formula is C11H16N2O4. The van der Waals surface area contributed by atoms with Crippen molar-refractivity contribution in [3.8, 4) is 0 Å². The molecule has 0 saturated heterocycles. The van der Waals surface area contributed by atoms with E-state index >= 15 is 0 Å². The lowest BCUT2D eigenvalue weighted by molar-refractivity contribution is -0.0541. The molecule has 0 unspecified atom stereocenters. The van der Waals surface area contributed by atoms with E-state index in [1.54, 1.807) is 12.1 Å². The van der Waals surface area contributed by atoms with Crippen molar-refractivity contribution in [3.05, 3.63) is 30.3 Å². The summed E-state index contributed by atoms with van der Waals surface area (Å²) < 4.78 is 0. The Morgan fingerprint density at radius 2 is 1.82 bits per heavy atom. The van der Waals surface area contributed by atoms with Gasteiger partial charge in [-0.3, -0.25) is 5.43 Å². The maximum Gasteiger partial charge on any atom is 0.119 e. The number of hydrogen-bond acceptors (Lipinski definition) is 6. The second-order valence-corrected chi connectivity index (χ2v) is 3.49. The number of rotatable bonds is 6. The third-order valence-corrected chi connectivity index (χ3v) is 2.13. The Balaban J connectivity index is 2.43. The minimum atomic E-state index is -1.47. The maximum absolute atomic E-state index is 9.39. The number of para-hydroxylation sites is 1. The van der Waals surface area contributed by atoms with Gasteiger partial charge in [0.1, 0.15) is 18.3 Å². The number of aliphatic hydroxyl groups is 4. The first-order valence-corrected chi connectivity index (χ1v) is 5.14. The number of anilines is 1. The van der Waals surface area contributed by atoms with Gasteiger partial charge in [-0.1, -0.05) is 18.2 Å². The molecule has 0 aliphatic heterocycles. The smallest absolute Gasteiger partial charge is 0.119 e. The number of aliphatic hydroxyl groups excluding tert-OH is 4. The molecule has 17 heavy (non-hydrogen) atoms. The molecule has 1 aromatic rings. The van der Waals surface area contributed by atoms with Crippen LogP contribution in [-0.4, -0.2) is 51.6 Å². The van der Waals surface area contributed by atoms with Crippen LogP contribution < -0.4 is 5.43 Å². The Kier molecular flexibility index (Phi) is 5.58. The summed E-state index contributed by atoms with van der Waals surface area (Å²) in [6, 6.07) is 9.05. The average molecular weight is 240 g/mol. The summed E-state index contributed by atoms with van der Waals surface area (Å²) in [6.45, 7) is -0.627. The van der Waals surface area contributed by atoms with Gasteiger partial charge in [-0.2, -0.15) is 5.10 Å². The number of benzene rings is 1. The van der Waals surface area contributed by atoms with Crippen LogP contribution in [0, 0.1) is 0 Å². The predicted molar refractivity (Wildman–Crippen MR) is 63.7 cm³/mol. The molecule has 3 atom stereocenters. The fourth-order valence-electron chi connectivity index (χ4n) is 1.12. The fourth-order valence-corrected chi connectivity index (χ4v) is 1.12. The van der Waals surface area contributed by atoms with Gasteiger partial charge in [0.25, 0.3) is 0 Å². The van der Waals surface area contributed by atoms with Crippen molar-refractivity contribution in [2.24, 2.45) is 5.10 Å². The minimum Gasteiger partial charge on any atom is -0.394 e. The van der Waals surface area contributed by atoms with E-state index in [1.807, 2.05) is 18.2 Å². The van der Waals surface area contributed by atoms with E-state index in [0.29, 0.717) is 0 Å². The summed E-state index contributed by atoms with van der Waals surface area (Å²) >= 11 is 0. The molecule has 94 valence electrons. The SMILES string of the molecule is OC[C@@H](O)[C@@H](O)[C@H](O)C=NNc1ccccc1. The number of nitrogens with one attached hydrogen (secondary N) is 1. The third kappa shape index (κ3) is 4.49. The lowest BCUT2D eigenvalue weighted by atomic mass is 10.1. The summed E-state index contributed by atoms with van der Waals surface area (Å²) in [5.41, 5.74) is 3.37. The first-order valence-electron chi connectivity index (χ1n) is 5.14. The van der Waals surface area contributed by atoms with E-state index in [-0.39, 0.29) is 0 Å². The van der Waals surface area contributed by atoms with Crippen molar-refractivity contribution in [3.63, 3.8) is 0 Å². The Bertz CT molecular complexity index is 345. The molecule has 0 aliphatic carbocycles. The Labute approximate surface area is 98.8 Å². The number of hydrazone groups is 1. The molecule has 1 aromatic carbocycles. The van der Waals surface area contributed by atoms with Crippen molar-refractivity contribution in [2.75, 3.05) is 12.0 Å². The monoisotopic (exact) mass is 240 g/mol. The van der Waals surface area contributed by atoms with Crippen molar-refractivity contribution < 1.29 is 20.4 Å². The fraction of sp³-hybridized carbons (Fsp3) is 0.364. The molecule has 0 aliphatic rings. The summed E-state index contributed by atoms with van der Waals surface area (Å²) in [5, 5.41) is 40.0. The van der Waals surface area contributed by atoms with Crippen LogP contribution in [0.25, 0.3) is 0 Å². The highest BCUT2D eigenvalue weighted by Gasteiger charge is 2.22. The van der Waals surface area contributed by atoms with Gasteiger partial charge in [-0.25, -0.2) is 0 Å². The van der Waals surface area contributed by atoms with Crippen LogP contribution in [0.3, 0.4) is 0 Å². The van der Waals surface area contributed by atoms with Gasteiger partial charge in [0, 0.05) is 0 Å². The van der Waals surface area contributed by atoms with Crippen molar-refractivity contribution in [1.82, 2.24) is 0 Å². The van der Waals surface area contributed by atoms with E-state index in [2.05, 4.69) is 10.5 Å². The molecule has 0 spiro atoms. The lowest BCUT2D eigenvalue weighted by Gasteiger charge is -2.18. The molecule has 0 amide bonds. The van der Waals surface area contributed by atoms with Crippen LogP contribution >= 0.6 is 0 Å². The molecule has 0 bridgehead atoms. The Morgan fingerprint density at radius 1 is 1.18 bits per heavy atom. The van der Waals surface area contributed by atoms with Crippen LogP contribution in [0.15, 0.2) is 35.4 Å². The summed E-state index contributed by atoms with van der Waals surface area (Å²) in [4.78, 5) is 0. The van der Waals surface area contributed by atoms with E-state index in [1.165, 1.54) is 0 Å². The molecular weight excluding hydrogens is 224 g/mol. The van der Waals surface area contributed by atoms with Gasteiger partial charge in [0.2, 0.25) is 0 Å². The zero-order chi connectivity index (χ0) is 12.7. The standard InChI is InChI=1S/C11H16N2O4/c14-7-10(16)11(17)9(15)6-12-13-8-4-2-1-3-5-8/h1-6,9-11,13-17H,7H2/t9-,10-,11+/m1/s1. The second-order valence-electron chi connectivity index (χ2n) is 3.49. The predicted octanol–water partition coefficient (Wildman–Crippen LogP) is -0.841. The molecule has 0 fully saturated rings. The van der Waals surface area contributed by atoms with Gasteiger partial charge < -0.3 is 20.4 Å². The average Bonchev–Trinajstić information content (AvgIpc) is 2.38. The van der Waals surface area contributed by atoms with E-state index in [9.17, 15) is 10.2 Å². The number of nitrogens with zero attached hydrogens (tertiary/aromatic N) is 1. The maximum atomic E-state index is 9.39. The van der Waals surface area contributed by atoms with Crippen LogP contribution in [0.1, 0.15) is 0 Å². The second kappa shape index (κ2) is 6.97. The Hall–Kier alpha value is -1.47. The molecule has 6 nitrogen and oxygen atoms in total. The molecule has 0 aromatic heterocycles. The van der Waals surface area contributed by atoms with Crippen molar-refractivity contribution in [1.29, 1.82) is 0 Å². The van der Waals surface area contributed by atoms with Gasteiger partial charge in [0.05, 0.1) is 18.5 Å². The molecule has 0 saturated carbocycles. The van der Waals surface area contributed by atoms with Crippen LogP contribution in [0.2, 0.25) is 0 Å².